The van der Waals surface area contributed by atoms with Crippen LogP contribution in [-0.4, -0.2) is 9.13 Å². The quantitative estimate of drug-likeness (QED) is 0.108. The molecule has 20 rings (SSSR count). The highest BCUT2D eigenvalue weighted by Crippen LogP contribution is 2.48. The Morgan fingerprint density at radius 1 is 0.157 bits per heavy atom. The van der Waals surface area contributed by atoms with E-state index in [0.29, 0.717) is 0 Å². The van der Waals surface area contributed by atoms with Crippen molar-refractivity contribution < 1.29 is 0 Å². The zero-order valence-electron chi connectivity index (χ0n) is 61.1. The molecule has 0 aliphatic rings. The van der Waals surface area contributed by atoms with Crippen LogP contribution in [0.5, 0.6) is 0 Å². The van der Waals surface area contributed by atoms with Crippen LogP contribution >= 0.6 is 0 Å². The lowest BCUT2D eigenvalue weighted by atomic mass is 9.84. The van der Waals surface area contributed by atoms with Crippen LogP contribution in [0.3, 0.4) is 0 Å². The third kappa shape index (κ3) is 11.6. The van der Waals surface area contributed by atoms with Crippen LogP contribution in [-0.2, 0) is 13.1 Å². The predicted molar refractivity (Wildman–Crippen MR) is 464 cm³/mol. The van der Waals surface area contributed by atoms with Gasteiger partial charge in [-0.15, -0.1) is 0 Å². The predicted octanol–water partition coefficient (Wildman–Crippen LogP) is 29.5. The van der Waals surface area contributed by atoms with E-state index in [0.717, 1.165) is 13.1 Å². The molecule has 0 amide bonds. The molecule has 20 aromatic rings. The van der Waals surface area contributed by atoms with E-state index in [-0.39, 0.29) is 0 Å². The molecule has 512 valence electrons. The fraction of sp³-hybridized carbons (Fsp3) is 0.0566. The fourth-order valence-corrected chi connectivity index (χ4v) is 17.3. The SMILES string of the molecule is CCn1c2ccc(-c3ccccc3)cc2c2cc(-c3ccc(-c4c5ccc(C)cc5c(-c5ccc(-c6ccc(-c7ccccc7)cc6)cc5)c5ccc(C)cc45)cc3)ccc21.CCn1c2ccccc2c2cc(-c3ccc(-c4ccc(-c5c6ccccc6c(-c6ccccc6)c6ccccc56)cc4)cc3)ccc21. The van der Waals surface area contributed by atoms with Crippen molar-refractivity contribution >= 4 is 86.7 Å². The second-order valence-electron chi connectivity index (χ2n) is 28.9. The molecule has 0 N–H and O–H groups in total. The Morgan fingerprint density at radius 3 is 0.704 bits per heavy atom. The van der Waals surface area contributed by atoms with Gasteiger partial charge in [-0.2, -0.15) is 0 Å². The van der Waals surface area contributed by atoms with Gasteiger partial charge in [0.05, 0.1) is 0 Å². The molecule has 0 aliphatic heterocycles. The Hall–Kier alpha value is -13.4. The van der Waals surface area contributed by atoms with Gasteiger partial charge in [-0.05, 0) is 225 Å². The number of aryl methyl sites for hydroxylation is 4. The Labute approximate surface area is 631 Å². The summed E-state index contributed by atoms with van der Waals surface area (Å²) in [7, 11) is 0. The molecule has 0 unspecified atom stereocenters. The number of para-hydroxylation sites is 1. The maximum absolute atomic E-state index is 2.44. The average Bonchev–Trinajstić information content (AvgIpc) is 1.35. The van der Waals surface area contributed by atoms with Crippen molar-refractivity contribution in [1.82, 2.24) is 9.13 Å². The summed E-state index contributed by atoms with van der Waals surface area (Å²) in [5.41, 5.74) is 32.5. The van der Waals surface area contributed by atoms with E-state index < -0.39 is 0 Å². The monoisotopic (exact) mass is 1380 g/mol. The Morgan fingerprint density at radius 2 is 0.370 bits per heavy atom. The second kappa shape index (κ2) is 27.6. The van der Waals surface area contributed by atoms with Crippen LogP contribution in [0.15, 0.2) is 376 Å². The number of nitrogens with zero attached hydrogens (tertiary/aromatic N) is 2. The number of hydrogen-bond acceptors (Lipinski definition) is 0. The molecule has 18 aromatic carbocycles. The standard InChI is InChI=1S/C60H45N.C46H33N/c1-4-61-57-33-29-49(42-13-9-6-10-14-42)37-53(57)54-38-50(30-34-58(54)61)46-23-27-48(28-24-46)60-52-32-16-39(2)35-55(52)59(51-31-15-40(3)36-56(51)60)47-25-21-45(22-26-47)44-19-17-43(18-20-44)41-11-7-5-8-12-41;1-2-47-43-19-11-10-14-37(43)42-30-36(28-29-44(42)47)33-22-20-31(21-23-33)32-24-26-35(27-25-32)46-40-17-8-6-15-38(40)45(34-12-4-3-5-13-34)39-16-7-9-18-41(39)46/h5-38H,4H2,1-3H3;3-30H,2H2,1H3. The number of fused-ring (bicyclic) bond motifs is 10. The first-order valence-corrected chi connectivity index (χ1v) is 38.0. The molecule has 0 saturated carbocycles. The molecule has 0 fully saturated rings. The van der Waals surface area contributed by atoms with Gasteiger partial charge < -0.3 is 9.13 Å². The first kappa shape index (κ1) is 65.4. The van der Waals surface area contributed by atoms with Gasteiger partial charge in [0.2, 0.25) is 0 Å². The first-order valence-electron chi connectivity index (χ1n) is 38.0. The first-order chi connectivity index (χ1) is 53.3. The summed E-state index contributed by atoms with van der Waals surface area (Å²) in [4.78, 5) is 0. The van der Waals surface area contributed by atoms with Crippen LogP contribution in [0, 0.1) is 13.8 Å². The highest BCUT2D eigenvalue weighted by molar-refractivity contribution is 6.23. The van der Waals surface area contributed by atoms with Gasteiger partial charge in [0.25, 0.3) is 0 Å². The topological polar surface area (TPSA) is 9.86 Å². The van der Waals surface area contributed by atoms with Crippen molar-refractivity contribution in [2.75, 3.05) is 0 Å². The number of aromatic nitrogens is 2. The minimum absolute atomic E-state index is 0.924. The Balaban J connectivity index is 0.000000152. The van der Waals surface area contributed by atoms with E-state index in [1.54, 1.807) is 0 Å². The molecule has 2 heteroatoms. The minimum Gasteiger partial charge on any atom is -0.341 e. The number of hydrogen-bond donors (Lipinski definition) is 0. The Bertz CT molecular complexity index is 6750. The van der Waals surface area contributed by atoms with E-state index in [4.69, 9.17) is 0 Å². The third-order valence-electron chi connectivity index (χ3n) is 22.5. The van der Waals surface area contributed by atoms with Crippen molar-refractivity contribution in [1.29, 1.82) is 0 Å². The fourth-order valence-electron chi connectivity index (χ4n) is 17.3. The summed E-state index contributed by atoms with van der Waals surface area (Å²) in [6.45, 7) is 10.8. The van der Waals surface area contributed by atoms with Gasteiger partial charge in [0.15, 0.2) is 0 Å². The molecule has 0 atom stereocenters. The van der Waals surface area contributed by atoms with Gasteiger partial charge >= 0.3 is 0 Å². The number of benzene rings is 18. The van der Waals surface area contributed by atoms with Gasteiger partial charge in [-0.1, -0.05) is 345 Å². The van der Waals surface area contributed by atoms with Crippen molar-refractivity contribution in [2.45, 2.75) is 40.8 Å². The van der Waals surface area contributed by atoms with Crippen LogP contribution in [0.2, 0.25) is 0 Å². The van der Waals surface area contributed by atoms with Crippen molar-refractivity contribution in [3.8, 4) is 111 Å². The van der Waals surface area contributed by atoms with Crippen molar-refractivity contribution in [3.05, 3.63) is 387 Å². The smallest absolute Gasteiger partial charge is 0.0491 e. The molecule has 0 saturated heterocycles. The van der Waals surface area contributed by atoms with Gasteiger partial charge in [0, 0.05) is 56.7 Å². The second-order valence-corrected chi connectivity index (χ2v) is 28.9. The van der Waals surface area contributed by atoms with Gasteiger partial charge in [-0.25, -0.2) is 0 Å². The molecule has 2 nitrogen and oxygen atoms in total. The maximum Gasteiger partial charge on any atom is 0.0491 e. The lowest BCUT2D eigenvalue weighted by Gasteiger charge is -2.19. The lowest BCUT2D eigenvalue weighted by molar-refractivity contribution is 0.827. The van der Waals surface area contributed by atoms with E-state index in [2.05, 4.69) is 413 Å². The highest BCUT2D eigenvalue weighted by atomic mass is 15.0. The lowest BCUT2D eigenvalue weighted by Crippen LogP contribution is -1.93. The van der Waals surface area contributed by atoms with Crippen LogP contribution < -0.4 is 0 Å². The van der Waals surface area contributed by atoms with Crippen LogP contribution in [0.25, 0.3) is 198 Å². The van der Waals surface area contributed by atoms with Crippen LogP contribution in [0.1, 0.15) is 25.0 Å². The summed E-state index contributed by atoms with van der Waals surface area (Å²) < 4.78 is 4.85. The molecular formula is C106H78N2. The summed E-state index contributed by atoms with van der Waals surface area (Å²) in [5, 5.41) is 15.5. The van der Waals surface area contributed by atoms with E-state index in [1.807, 2.05) is 0 Å². The summed E-state index contributed by atoms with van der Waals surface area (Å²) in [5.74, 6) is 0. The Kier molecular flexibility index (Phi) is 16.7. The summed E-state index contributed by atoms with van der Waals surface area (Å²) in [6, 6.07) is 139. The molecule has 0 radical (unpaired) electrons. The maximum atomic E-state index is 2.44. The van der Waals surface area contributed by atoms with Crippen LogP contribution in [0.4, 0.5) is 0 Å². The molecule has 0 aliphatic carbocycles. The molecule has 108 heavy (non-hydrogen) atoms. The summed E-state index contributed by atoms with van der Waals surface area (Å²) >= 11 is 0. The summed E-state index contributed by atoms with van der Waals surface area (Å²) in [6.07, 6.45) is 0. The van der Waals surface area contributed by atoms with E-state index in [9.17, 15) is 0 Å². The minimum atomic E-state index is 0.924. The molecule has 2 aromatic heterocycles. The molecule has 0 spiro atoms. The highest BCUT2D eigenvalue weighted by Gasteiger charge is 2.21. The largest absolute Gasteiger partial charge is 0.341 e. The molecule has 2 heterocycles. The normalized spacial score (nSPS) is 11.6. The van der Waals surface area contributed by atoms with Gasteiger partial charge in [0.1, 0.15) is 0 Å². The molecular weight excluding hydrogens is 1300 g/mol. The van der Waals surface area contributed by atoms with Gasteiger partial charge in [-0.3, -0.25) is 0 Å². The third-order valence-corrected chi connectivity index (χ3v) is 22.5. The average molecular weight is 1380 g/mol. The number of rotatable bonds is 12. The zero-order chi connectivity index (χ0) is 72.3. The zero-order valence-corrected chi connectivity index (χ0v) is 61.1. The molecule has 0 bridgehead atoms. The van der Waals surface area contributed by atoms with E-state index in [1.165, 1.54) is 209 Å². The van der Waals surface area contributed by atoms with E-state index >= 15 is 0 Å². The van der Waals surface area contributed by atoms with Crippen molar-refractivity contribution in [3.63, 3.8) is 0 Å². The van der Waals surface area contributed by atoms with Crippen molar-refractivity contribution in [2.24, 2.45) is 0 Å².